The smallest absolute Gasteiger partial charge is 0.224 e. The number of hydrogen-bond donors (Lipinski definition) is 1. The first-order chi connectivity index (χ1) is 11.3. The van der Waals surface area contributed by atoms with E-state index in [-0.39, 0.29) is 5.91 Å². The summed E-state index contributed by atoms with van der Waals surface area (Å²) in [4.78, 5) is 21.1. The minimum absolute atomic E-state index is 0.0622. The van der Waals surface area contributed by atoms with Crippen LogP contribution in [0.2, 0.25) is 0 Å². The van der Waals surface area contributed by atoms with Gasteiger partial charge in [0.1, 0.15) is 5.82 Å². The zero-order chi connectivity index (χ0) is 16.1. The largest absolute Gasteiger partial charge is 0.354 e. The van der Waals surface area contributed by atoms with Gasteiger partial charge in [-0.3, -0.25) is 9.69 Å². The van der Waals surface area contributed by atoms with Crippen LogP contribution in [0.1, 0.15) is 45.4 Å². The lowest BCUT2D eigenvalue weighted by atomic mass is 10.2. The van der Waals surface area contributed by atoms with Crippen LogP contribution in [0.15, 0.2) is 18.3 Å². The number of nitrogens with zero attached hydrogens (tertiary/aromatic N) is 3. The lowest BCUT2D eigenvalue weighted by Gasteiger charge is -2.38. The van der Waals surface area contributed by atoms with E-state index in [1.165, 1.54) is 25.7 Å². The highest BCUT2D eigenvalue weighted by Gasteiger charge is 2.26. The van der Waals surface area contributed by atoms with Gasteiger partial charge in [-0.2, -0.15) is 0 Å². The summed E-state index contributed by atoms with van der Waals surface area (Å²) in [6.45, 7) is 6.38. The van der Waals surface area contributed by atoms with Crippen LogP contribution in [-0.4, -0.2) is 48.0 Å². The molecule has 2 fully saturated rings. The summed E-state index contributed by atoms with van der Waals surface area (Å²) in [5, 5.41) is 2.89. The van der Waals surface area contributed by atoms with Crippen LogP contribution in [0.25, 0.3) is 0 Å². The van der Waals surface area contributed by atoms with Crippen LogP contribution in [0.3, 0.4) is 0 Å². The Balaban J connectivity index is 1.51. The fraction of sp³-hybridized carbons (Fsp3) is 0.667. The molecule has 1 aliphatic carbocycles. The summed E-state index contributed by atoms with van der Waals surface area (Å²) < 4.78 is 0. The van der Waals surface area contributed by atoms with E-state index in [9.17, 15) is 4.79 Å². The molecule has 23 heavy (non-hydrogen) atoms. The molecule has 5 nitrogen and oxygen atoms in total. The topological polar surface area (TPSA) is 48.5 Å². The maximum Gasteiger partial charge on any atom is 0.224 e. The van der Waals surface area contributed by atoms with Crippen molar-refractivity contribution < 1.29 is 4.79 Å². The van der Waals surface area contributed by atoms with Gasteiger partial charge >= 0.3 is 0 Å². The van der Waals surface area contributed by atoms with E-state index < -0.39 is 0 Å². The van der Waals surface area contributed by atoms with Crippen molar-refractivity contribution in [2.45, 2.75) is 51.5 Å². The Morgan fingerprint density at radius 1 is 1.22 bits per heavy atom. The molecule has 1 amide bonds. The molecule has 2 aliphatic rings. The first kappa shape index (κ1) is 16.2. The van der Waals surface area contributed by atoms with E-state index in [1.807, 2.05) is 19.1 Å². The molecule has 0 radical (unpaired) electrons. The maximum absolute atomic E-state index is 11.6. The quantitative estimate of drug-likeness (QED) is 0.907. The van der Waals surface area contributed by atoms with Crippen molar-refractivity contribution in [1.29, 1.82) is 0 Å². The third-order valence-electron chi connectivity index (χ3n) is 4.99. The van der Waals surface area contributed by atoms with Gasteiger partial charge in [-0.05, 0) is 31.4 Å². The highest BCUT2D eigenvalue weighted by atomic mass is 16.1. The van der Waals surface area contributed by atoms with Crippen LogP contribution < -0.4 is 10.2 Å². The number of hydrogen-bond acceptors (Lipinski definition) is 4. The van der Waals surface area contributed by atoms with E-state index >= 15 is 0 Å². The van der Waals surface area contributed by atoms with Gasteiger partial charge in [-0.1, -0.05) is 19.8 Å². The van der Waals surface area contributed by atoms with Crippen LogP contribution >= 0.6 is 0 Å². The van der Waals surface area contributed by atoms with Gasteiger partial charge in [-0.15, -0.1) is 0 Å². The lowest BCUT2D eigenvalue weighted by Crippen LogP contribution is -2.49. The molecule has 5 heteroatoms. The first-order valence-corrected chi connectivity index (χ1v) is 9.01. The SMILES string of the molecule is CCCC(=O)Nc1ccc(N2CCN(C3CCCC3)CC2)nc1. The predicted octanol–water partition coefficient (Wildman–Crippen LogP) is 2.88. The van der Waals surface area contributed by atoms with Crippen molar-refractivity contribution in [1.82, 2.24) is 9.88 Å². The van der Waals surface area contributed by atoms with Gasteiger partial charge < -0.3 is 10.2 Å². The Hall–Kier alpha value is -1.62. The van der Waals surface area contributed by atoms with Crippen molar-refractivity contribution >= 4 is 17.4 Å². The Labute approximate surface area is 139 Å². The summed E-state index contributed by atoms with van der Waals surface area (Å²) in [6, 6.07) is 4.80. The standard InChI is InChI=1S/C18H28N4O/c1-2-5-18(23)20-15-8-9-17(19-14-15)22-12-10-21(11-13-22)16-6-3-4-7-16/h8-9,14,16H,2-7,10-13H2,1H3,(H,20,23). The zero-order valence-corrected chi connectivity index (χ0v) is 14.1. The molecule has 0 spiro atoms. The second-order valence-corrected chi connectivity index (χ2v) is 6.66. The molecule has 1 saturated heterocycles. The number of pyridine rings is 1. The molecule has 1 N–H and O–H groups in total. The minimum Gasteiger partial charge on any atom is -0.354 e. The van der Waals surface area contributed by atoms with Gasteiger partial charge in [0, 0.05) is 38.6 Å². The fourth-order valence-corrected chi connectivity index (χ4v) is 3.68. The van der Waals surface area contributed by atoms with Gasteiger partial charge in [0.2, 0.25) is 5.91 Å². The maximum atomic E-state index is 11.6. The summed E-state index contributed by atoms with van der Waals surface area (Å²) >= 11 is 0. The molecule has 1 aromatic rings. The number of aromatic nitrogens is 1. The predicted molar refractivity (Wildman–Crippen MR) is 93.8 cm³/mol. The summed E-state index contributed by atoms with van der Waals surface area (Å²) in [5.74, 6) is 1.08. The third-order valence-corrected chi connectivity index (χ3v) is 4.99. The molecule has 1 aromatic heterocycles. The van der Waals surface area contributed by atoms with Crippen LogP contribution in [0.5, 0.6) is 0 Å². The molecule has 1 aliphatic heterocycles. The van der Waals surface area contributed by atoms with E-state index in [1.54, 1.807) is 6.20 Å². The minimum atomic E-state index is 0.0622. The van der Waals surface area contributed by atoms with Gasteiger partial charge in [0.15, 0.2) is 0 Å². The Bertz CT molecular complexity index is 502. The van der Waals surface area contributed by atoms with Gasteiger partial charge in [0.05, 0.1) is 11.9 Å². The lowest BCUT2D eigenvalue weighted by molar-refractivity contribution is -0.116. The molecule has 3 rings (SSSR count). The Morgan fingerprint density at radius 3 is 2.57 bits per heavy atom. The highest BCUT2D eigenvalue weighted by Crippen LogP contribution is 2.25. The van der Waals surface area contributed by atoms with Crippen molar-refractivity contribution in [2.24, 2.45) is 0 Å². The number of amides is 1. The molecular formula is C18H28N4O. The van der Waals surface area contributed by atoms with Crippen LogP contribution in [0, 0.1) is 0 Å². The van der Waals surface area contributed by atoms with Crippen molar-refractivity contribution in [3.63, 3.8) is 0 Å². The van der Waals surface area contributed by atoms with E-state index in [0.717, 1.165) is 50.1 Å². The van der Waals surface area contributed by atoms with Crippen LogP contribution in [-0.2, 0) is 4.79 Å². The molecular weight excluding hydrogens is 288 g/mol. The summed E-state index contributed by atoms with van der Waals surface area (Å²) in [6.07, 6.45) is 8.75. The van der Waals surface area contributed by atoms with E-state index in [4.69, 9.17) is 0 Å². The monoisotopic (exact) mass is 316 g/mol. The third kappa shape index (κ3) is 4.22. The Kier molecular flexibility index (Phi) is 5.49. The molecule has 126 valence electrons. The van der Waals surface area contributed by atoms with Gasteiger partial charge in [0.25, 0.3) is 0 Å². The molecule has 1 saturated carbocycles. The average molecular weight is 316 g/mol. The number of carbonyl (C=O) groups is 1. The average Bonchev–Trinajstić information content (AvgIpc) is 3.10. The summed E-state index contributed by atoms with van der Waals surface area (Å²) in [5.41, 5.74) is 0.789. The second-order valence-electron chi connectivity index (χ2n) is 6.66. The van der Waals surface area contributed by atoms with Gasteiger partial charge in [-0.25, -0.2) is 4.98 Å². The molecule has 0 atom stereocenters. The number of piperazine rings is 1. The van der Waals surface area contributed by atoms with Crippen LogP contribution in [0.4, 0.5) is 11.5 Å². The van der Waals surface area contributed by atoms with E-state index in [0.29, 0.717) is 6.42 Å². The molecule has 0 bridgehead atoms. The van der Waals surface area contributed by atoms with E-state index in [2.05, 4.69) is 20.1 Å². The normalized spacial score (nSPS) is 20.0. The number of carbonyl (C=O) groups excluding carboxylic acids is 1. The van der Waals surface area contributed by atoms with Crippen molar-refractivity contribution in [3.8, 4) is 0 Å². The van der Waals surface area contributed by atoms with Crippen molar-refractivity contribution in [3.05, 3.63) is 18.3 Å². The summed E-state index contributed by atoms with van der Waals surface area (Å²) in [7, 11) is 0. The number of nitrogens with one attached hydrogen (secondary N) is 1. The van der Waals surface area contributed by atoms with Crippen molar-refractivity contribution in [2.75, 3.05) is 36.4 Å². The first-order valence-electron chi connectivity index (χ1n) is 9.01. The highest BCUT2D eigenvalue weighted by molar-refractivity contribution is 5.90. The number of rotatable bonds is 5. The molecule has 2 heterocycles. The molecule has 0 unspecified atom stereocenters. The number of anilines is 2. The second kappa shape index (κ2) is 7.77. The fourth-order valence-electron chi connectivity index (χ4n) is 3.68. The zero-order valence-electron chi connectivity index (χ0n) is 14.1. The molecule has 0 aromatic carbocycles. The Morgan fingerprint density at radius 2 is 1.96 bits per heavy atom.